The number of benzene rings is 2. The highest BCUT2D eigenvalue weighted by molar-refractivity contribution is 5.82. The second-order valence-corrected chi connectivity index (χ2v) is 4.30. The molecule has 0 aliphatic rings. The lowest BCUT2D eigenvalue weighted by Crippen LogP contribution is -1.89. The molecule has 0 atom stereocenters. The van der Waals surface area contributed by atoms with Crippen LogP contribution in [0.1, 0.15) is 5.56 Å². The zero-order valence-electron chi connectivity index (χ0n) is 9.87. The molecule has 0 aliphatic carbocycles. The van der Waals surface area contributed by atoms with Gasteiger partial charge in [-0.3, -0.25) is 0 Å². The molecular weight excluding hydrogens is 229 g/mol. The third-order valence-electron chi connectivity index (χ3n) is 2.95. The van der Waals surface area contributed by atoms with Gasteiger partial charge in [0.25, 0.3) is 0 Å². The van der Waals surface area contributed by atoms with Gasteiger partial charge in [-0.1, -0.05) is 12.1 Å². The average Bonchev–Trinajstić information content (AvgIpc) is 2.75. The molecule has 3 rings (SSSR count). The maximum Gasteiger partial charge on any atom is 0.141 e. The molecule has 0 fully saturated rings. The second kappa shape index (κ2) is 3.84. The van der Waals surface area contributed by atoms with E-state index < -0.39 is 0 Å². The van der Waals surface area contributed by atoms with Crippen LogP contribution >= 0.6 is 0 Å². The van der Waals surface area contributed by atoms with Gasteiger partial charge in [0.15, 0.2) is 0 Å². The number of imidazole rings is 1. The van der Waals surface area contributed by atoms with E-state index in [4.69, 9.17) is 5.73 Å². The average molecular weight is 241 g/mol. The van der Waals surface area contributed by atoms with Gasteiger partial charge in [0.2, 0.25) is 0 Å². The van der Waals surface area contributed by atoms with Crippen LogP contribution in [0.3, 0.4) is 0 Å². The van der Waals surface area contributed by atoms with Crippen molar-refractivity contribution in [3.05, 3.63) is 47.8 Å². The smallest absolute Gasteiger partial charge is 0.141 e. The lowest BCUT2D eigenvalue weighted by molar-refractivity contribution is 0.621. The molecule has 0 saturated heterocycles. The van der Waals surface area contributed by atoms with Crippen LogP contribution < -0.4 is 5.73 Å². The Balaban J connectivity index is 2.22. The number of nitrogens with zero attached hydrogens (tertiary/aromatic N) is 1. The van der Waals surface area contributed by atoms with Crippen LogP contribution in [0.15, 0.2) is 36.4 Å². The van der Waals surface area contributed by atoms with Crippen LogP contribution in [-0.4, -0.2) is 9.97 Å². The number of fused-ring (bicyclic) bond motifs is 1. The molecule has 18 heavy (non-hydrogen) atoms. The largest absolute Gasteiger partial charge is 0.399 e. The molecule has 0 spiro atoms. The summed E-state index contributed by atoms with van der Waals surface area (Å²) in [6, 6.07) is 10.6. The number of halogens is 1. The van der Waals surface area contributed by atoms with Crippen molar-refractivity contribution in [1.82, 2.24) is 9.97 Å². The fraction of sp³-hybridized carbons (Fsp3) is 0.0714. The number of H-pyrrole nitrogens is 1. The highest BCUT2D eigenvalue weighted by atomic mass is 19.1. The van der Waals surface area contributed by atoms with Gasteiger partial charge in [0.05, 0.1) is 16.6 Å². The quantitative estimate of drug-likeness (QED) is 0.642. The fourth-order valence-electron chi connectivity index (χ4n) is 1.99. The Hall–Kier alpha value is -2.36. The van der Waals surface area contributed by atoms with E-state index in [-0.39, 0.29) is 5.82 Å². The number of rotatable bonds is 1. The number of nitrogens with two attached hydrogens (primary N) is 1. The Kier molecular flexibility index (Phi) is 2.30. The van der Waals surface area contributed by atoms with Crippen molar-refractivity contribution in [3.8, 4) is 11.4 Å². The zero-order valence-corrected chi connectivity index (χ0v) is 9.87. The van der Waals surface area contributed by atoms with Gasteiger partial charge in [-0.15, -0.1) is 0 Å². The van der Waals surface area contributed by atoms with E-state index in [1.165, 1.54) is 0 Å². The maximum atomic E-state index is 14.0. The predicted octanol–water partition coefficient (Wildman–Crippen LogP) is 3.26. The molecule has 0 unspecified atom stereocenters. The summed E-state index contributed by atoms with van der Waals surface area (Å²) in [7, 11) is 0. The van der Waals surface area contributed by atoms with Gasteiger partial charge in [0, 0.05) is 5.69 Å². The van der Waals surface area contributed by atoms with E-state index in [9.17, 15) is 4.39 Å². The molecule has 0 saturated carbocycles. The van der Waals surface area contributed by atoms with Gasteiger partial charge in [-0.05, 0) is 36.8 Å². The predicted molar refractivity (Wildman–Crippen MR) is 70.6 cm³/mol. The van der Waals surface area contributed by atoms with Crippen molar-refractivity contribution < 1.29 is 4.39 Å². The second-order valence-electron chi connectivity index (χ2n) is 4.30. The van der Waals surface area contributed by atoms with Crippen molar-refractivity contribution in [2.45, 2.75) is 6.92 Å². The van der Waals surface area contributed by atoms with E-state index in [2.05, 4.69) is 9.97 Å². The zero-order chi connectivity index (χ0) is 12.7. The lowest BCUT2D eigenvalue weighted by Gasteiger charge is -2.01. The van der Waals surface area contributed by atoms with Crippen molar-refractivity contribution >= 4 is 16.7 Å². The van der Waals surface area contributed by atoms with Crippen LogP contribution in [0.5, 0.6) is 0 Å². The summed E-state index contributed by atoms with van der Waals surface area (Å²) in [5, 5.41) is 0. The van der Waals surface area contributed by atoms with Gasteiger partial charge >= 0.3 is 0 Å². The van der Waals surface area contributed by atoms with Crippen molar-refractivity contribution in [3.63, 3.8) is 0 Å². The van der Waals surface area contributed by atoms with E-state index in [1.807, 2.05) is 12.1 Å². The third kappa shape index (κ3) is 1.62. The van der Waals surface area contributed by atoms with Gasteiger partial charge in [0.1, 0.15) is 11.6 Å². The van der Waals surface area contributed by atoms with E-state index >= 15 is 0 Å². The van der Waals surface area contributed by atoms with Crippen LogP contribution in [0.25, 0.3) is 22.4 Å². The number of nitrogens with one attached hydrogen (secondary N) is 1. The Morgan fingerprint density at radius 2 is 2.06 bits per heavy atom. The van der Waals surface area contributed by atoms with Crippen molar-refractivity contribution in [2.24, 2.45) is 0 Å². The fourth-order valence-corrected chi connectivity index (χ4v) is 1.99. The summed E-state index contributed by atoms with van der Waals surface area (Å²) in [6.45, 7) is 1.74. The maximum absolute atomic E-state index is 14.0. The van der Waals surface area contributed by atoms with Crippen molar-refractivity contribution in [2.75, 3.05) is 5.73 Å². The summed E-state index contributed by atoms with van der Waals surface area (Å²) in [4.78, 5) is 7.46. The molecule has 3 nitrogen and oxygen atoms in total. The molecule has 3 aromatic rings. The molecular formula is C14H12FN3. The molecule has 3 N–H and O–H groups in total. The number of hydrogen-bond donors (Lipinski definition) is 2. The number of anilines is 1. The number of hydrogen-bond acceptors (Lipinski definition) is 2. The minimum atomic E-state index is -0.246. The Labute approximate surface area is 103 Å². The SMILES string of the molecule is Cc1cccc(-c2nc3ccc(N)cc3[nH]2)c1F. The monoisotopic (exact) mass is 241 g/mol. The van der Waals surface area contributed by atoms with Crippen LogP contribution in [0.4, 0.5) is 10.1 Å². The summed E-state index contributed by atoms with van der Waals surface area (Å²) in [5.74, 6) is 0.279. The standard InChI is InChI=1S/C14H12FN3/c1-8-3-2-4-10(13(8)15)14-17-11-6-5-9(16)7-12(11)18-14/h2-7H,16H2,1H3,(H,17,18). The molecule has 2 aromatic carbocycles. The van der Waals surface area contributed by atoms with E-state index in [0.29, 0.717) is 22.6 Å². The highest BCUT2D eigenvalue weighted by Gasteiger charge is 2.11. The first-order valence-corrected chi connectivity index (χ1v) is 5.66. The van der Waals surface area contributed by atoms with Gasteiger partial charge < -0.3 is 10.7 Å². The molecule has 4 heteroatoms. The summed E-state index contributed by atoms with van der Waals surface area (Å²) in [6.07, 6.45) is 0. The van der Waals surface area contributed by atoms with E-state index in [0.717, 1.165) is 11.0 Å². The topological polar surface area (TPSA) is 54.7 Å². The molecule has 90 valence electrons. The summed E-state index contributed by atoms with van der Waals surface area (Å²) >= 11 is 0. The normalized spacial score (nSPS) is 11.0. The molecule has 0 radical (unpaired) electrons. The molecule has 0 bridgehead atoms. The van der Waals surface area contributed by atoms with Gasteiger partial charge in [-0.25, -0.2) is 9.37 Å². The molecule has 1 aromatic heterocycles. The lowest BCUT2D eigenvalue weighted by atomic mass is 10.1. The van der Waals surface area contributed by atoms with Crippen LogP contribution in [-0.2, 0) is 0 Å². The molecule has 0 amide bonds. The number of aromatic amines is 1. The van der Waals surface area contributed by atoms with Crippen molar-refractivity contribution in [1.29, 1.82) is 0 Å². The first-order valence-electron chi connectivity index (χ1n) is 5.66. The molecule has 0 aliphatic heterocycles. The summed E-state index contributed by atoms with van der Waals surface area (Å²) in [5.41, 5.74) is 9.03. The van der Waals surface area contributed by atoms with Crippen LogP contribution in [0.2, 0.25) is 0 Å². The third-order valence-corrected chi connectivity index (χ3v) is 2.95. The Morgan fingerprint density at radius 1 is 1.22 bits per heavy atom. The number of aromatic nitrogens is 2. The Bertz CT molecular complexity index is 731. The first-order chi connectivity index (χ1) is 8.65. The first kappa shape index (κ1) is 10.8. The van der Waals surface area contributed by atoms with Gasteiger partial charge in [-0.2, -0.15) is 0 Å². The highest BCUT2D eigenvalue weighted by Crippen LogP contribution is 2.25. The minimum Gasteiger partial charge on any atom is -0.399 e. The molecule has 1 heterocycles. The van der Waals surface area contributed by atoms with Crippen LogP contribution in [0, 0.1) is 12.7 Å². The number of aryl methyl sites for hydroxylation is 1. The number of nitrogen functional groups attached to an aromatic ring is 1. The Morgan fingerprint density at radius 3 is 2.89 bits per heavy atom. The van der Waals surface area contributed by atoms with E-state index in [1.54, 1.807) is 31.2 Å². The summed E-state index contributed by atoms with van der Waals surface area (Å²) < 4.78 is 14.0. The minimum absolute atomic E-state index is 0.246.